The lowest BCUT2D eigenvalue weighted by molar-refractivity contribution is 0.214. The number of ether oxygens (including phenoxy) is 1. The third-order valence-electron chi connectivity index (χ3n) is 2.97. The molecule has 2 rings (SSSR count). The second-order valence-corrected chi connectivity index (χ2v) is 4.29. The largest absolute Gasteiger partial charge is 0.496 e. The van der Waals surface area contributed by atoms with Crippen molar-refractivity contribution in [3.05, 3.63) is 47.2 Å². The van der Waals surface area contributed by atoms with Crippen molar-refractivity contribution in [2.45, 2.75) is 25.8 Å². The molecule has 1 unspecified atom stereocenters. The summed E-state index contributed by atoms with van der Waals surface area (Å²) in [5, 5.41) is 3.26. The Labute approximate surface area is 106 Å². The van der Waals surface area contributed by atoms with Gasteiger partial charge in [0.05, 0.1) is 12.6 Å². The number of hydrogen-bond acceptors (Lipinski definition) is 2. The maximum Gasteiger partial charge on any atom is 0.129 e. The molecule has 1 heterocycles. The summed E-state index contributed by atoms with van der Waals surface area (Å²) in [5.41, 5.74) is 0.499. The molecule has 0 amide bonds. The summed E-state index contributed by atoms with van der Waals surface area (Å²) in [5.74, 6) is -0.190. The van der Waals surface area contributed by atoms with Crippen LogP contribution in [0.15, 0.2) is 30.0 Å². The molecule has 0 radical (unpaired) electrons. The summed E-state index contributed by atoms with van der Waals surface area (Å²) in [6, 6.07) is 3.65. The van der Waals surface area contributed by atoms with E-state index in [4.69, 9.17) is 4.74 Å². The maximum absolute atomic E-state index is 13.6. The van der Waals surface area contributed by atoms with Crippen LogP contribution in [-0.2, 0) is 11.2 Å². The van der Waals surface area contributed by atoms with Crippen LogP contribution >= 0.6 is 0 Å². The average molecular weight is 253 g/mol. The first-order valence-electron chi connectivity index (χ1n) is 6.21. The third kappa shape index (κ3) is 3.07. The fraction of sp³-hybridized carbons (Fsp3) is 0.429. The van der Waals surface area contributed by atoms with E-state index in [1.54, 1.807) is 0 Å². The molecule has 0 aromatic heterocycles. The molecule has 1 aromatic rings. The van der Waals surface area contributed by atoms with E-state index in [1.807, 2.05) is 13.0 Å². The van der Waals surface area contributed by atoms with Crippen LogP contribution in [0.3, 0.4) is 0 Å². The molecule has 0 aliphatic carbocycles. The van der Waals surface area contributed by atoms with Crippen molar-refractivity contribution in [1.82, 2.24) is 5.32 Å². The molecule has 18 heavy (non-hydrogen) atoms. The Morgan fingerprint density at radius 2 is 2.22 bits per heavy atom. The van der Waals surface area contributed by atoms with Gasteiger partial charge in [-0.3, -0.25) is 0 Å². The minimum Gasteiger partial charge on any atom is -0.496 e. The zero-order valence-corrected chi connectivity index (χ0v) is 10.4. The molecule has 2 nitrogen and oxygen atoms in total. The van der Waals surface area contributed by atoms with Crippen LogP contribution < -0.4 is 5.32 Å². The van der Waals surface area contributed by atoms with Gasteiger partial charge in [0.15, 0.2) is 0 Å². The average Bonchev–Trinajstić information content (AvgIpc) is 2.85. The summed E-state index contributed by atoms with van der Waals surface area (Å²) in [4.78, 5) is 0. The molecule has 1 aliphatic heterocycles. The van der Waals surface area contributed by atoms with Gasteiger partial charge in [0.25, 0.3) is 0 Å². The second kappa shape index (κ2) is 5.96. The number of hydrogen-bond donors (Lipinski definition) is 1. The predicted molar refractivity (Wildman–Crippen MR) is 66.2 cm³/mol. The Balaban J connectivity index is 2.12. The van der Waals surface area contributed by atoms with E-state index in [0.717, 1.165) is 24.8 Å². The van der Waals surface area contributed by atoms with E-state index in [1.165, 1.54) is 12.1 Å². The maximum atomic E-state index is 13.6. The number of nitrogens with one attached hydrogen (secondary N) is 1. The van der Waals surface area contributed by atoms with Gasteiger partial charge in [0.1, 0.15) is 17.4 Å². The molecule has 0 fully saturated rings. The molecular formula is C14H17F2NO. The van der Waals surface area contributed by atoms with Crippen molar-refractivity contribution >= 4 is 0 Å². The number of rotatable bonds is 5. The van der Waals surface area contributed by atoms with Crippen molar-refractivity contribution in [3.63, 3.8) is 0 Å². The van der Waals surface area contributed by atoms with Crippen LogP contribution in [0.25, 0.3) is 0 Å². The smallest absolute Gasteiger partial charge is 0.129 e. The number of halogens is 2. The van der Waals surface area contributed by atoms with Gasteiger partial charge in [-0.05, 0) is 30.7 Å². The van der Waals surface area contributed by atoms with Crippen LogP contribution in [0.1, 0.15) is 18.9 Å². The van der Waals surface area contributed by atoms with Crippen LogP contribution in [0.4, 0.5) is 8.78 Å². The van der Waals surface area contributed by atoms with E-state index < -0.39 is 11.6 Å². The summed E-state index contributed by atoms with van der Waals surface area (Å²) in [7, 11) is 0. The van der Waals surface area contributed by atoms with Gasteiger partial charge in [-0.15, -0.1) is 0 Å². The zero-order valence-electron chi connectivity index (χ0n) is 10.4. The van der Waals surface area contributed by atoms with Crippen LogP contribution in [0.2, 0.25) is 0 Å². The molecule has 1 atom stereocenters. The number of likely N-dealkylation sites (N-methyl/N-ethyl adjacent to an activating group) is 1. The zero-order chi connectivity index (χ0) is 13.0. The highest BCUT2D eigenvalue weighted by Gasteiger charge is 2.19. The van der Waals surface area contributed by atoms with Crippen molar-refractivity contribution in [2.75, 3.05) is 13.2 Å². The molecular weight excluding hydrogens is 236 g/mol. The lowest BCUT2D eigenvalue weighted by Gasteiger charge is -2.19. The molecule has 0 spiro atoms. The second-order valence-electron chi connectivity index (χ2n) is 4.29. The van der Waals surface area contributed by atoms with Gasteiger partial charge in [0, 0.05) is 12.5 Å². The molecule has 1 aliphatic rings. The fourth-order valence-corrected chi connectivity index (χ4v) is 2.11. The molecule has 0 saturated carbocycles. The van der Waals surface area contributed by atoms with Crippen molar-refractivity contribution in [3.8, 4) is 0 Å². The van der Waals surface area contributed by atoms with Gasteiger partial charge < -0.3 is 10.1 Å². The highest BCUT2D eigenvalue weighted by molar-refractivity contribution is 5.22. The first kappa shape index (κ1) is 13.0. The molecule has 0 bridgehead atoms. The van der Waals surface area contributed by atoms with Crippen molar-refractivity contribution in [2.24, 2.45) is 0 Å². The monoisotopic (exact) mass is 253 g/mol. The summed E-state index contributed by atoms with van der Waals surface area (Å²) < 4.78 is 32.0. The third-order valence-corrected chi connectivity index (χ3v) is 2.97. The Morgan fingerprint density at radius 3 is 2.83 bits per heavy atom. The van der Waals surface area contributed by atoms with Gasteiger partial charge >= 0.3 is 0 Å². The summed E-state index contributed by atoms with van der Waals surface area (Å²) >= 11 is 0. The fourth-order valence-electron chi connectivity index (χ4n) is 2.11. The van der Waals surface area contributed by atoms with Gasteiger partial charge in [-0.2, -0.15) is 0 Å². The first-order valence-corrected chi connectivity index (χ1v) is 6.21. The highest BCUT2D eigenvalue weighted by atomic mass is 19.1. The standard InChI is InChI=1S/C14H17F2NO/c1-2-17-13(14-4-3-7-18-14)8-10-5-6-11(15)9-12(10)16/h4-6,9,13,17H,2-3,7-8H2,1H3. The van der Waals surface area contributed by atoms with Crippen molar-refractivity contribution in [1.29, 1.82) is 0 Å². The molecule has 0 saturated heterocycles. The Bertz CT molecular complexity index is 445. The Morgan fingerprint density at radius 1 is 1.39 bits per heavy atom. The molecule has 1 aromatic carbocycles. The highest BCUT2D eigenvalue weighted by Crippen LogP contribution is 2.19. The van der Waals surface area contributed by atoms with Crippen LogP contribution in [0, 0.1) is 11.6 Å². The lowest BCUT2D eigenvalue weighted by Crippen LogP contribution is -2.33. The lowest BCUT2D eigenvalue weighted by atomic mass is 10.0. The quantitative estimate of drug-likeness (QED) is 0.871. The molecule has 98 valence electrons. The molecule has 4 heteroatoms. The Kier molecular flexibility index (Phi) is 4.31. The Hall–Kier alpha value is -1.42. The minimum atomic E-state index is -0.549. The van der Waals surface area contributed by atoms with Crippen LogP contribution in [-0.4, -0.2) is 19.2 Å². The van der Waals surface area contributed by atoms with E-state index in [9.17, 15) is 8.78 Å². The minimum absolute atomic E-state index is 0.0440. The van der Waals surface area contributed by atoms with E-state index in [2.05, 4.69) is 5.32 Å². The summed E-state index contributed by atoms with van der Waals surface area (Å²) in [6.45, 7) is 3.45. The van der Waals surface area contributed by atoms with Crippen molar-refractivity contribution < 1.29 is 13.5 Å². The molecule has 1 N–H and O–H groups in total. The summed E-state index contributed by atoms with van der Waals surface area (Å²) in [6.07, 6.45) is 3.38. The number of benzene rings is 1. The predicted octanol–water partition coefficient (Wildman–Crippen LogP) is 2.79. The SMILES string of the molecule is CCNC(Cc1ccc(F)cc1F)C1=CCCO1. The van der Waals surface area contributed by atoms with E-state index >= 15 is 0 Å². The van der Waals surface area contributed by atoms with Crippen LogP contribution in [0.5, 0.6) is 0 Å². The first-order chi connectivity index (χ1) is 8.70. The van der Waals surface area contributed by atoms with E-state index in [-0.39, 0.29) is 6.04 Å². The van der Waals surface area contributed by atoms with Gasteiger partial charge in [-0.25, -0.2) is 8.78 Å². The van der Waals surface area contributed by atoms with Gasteiger partial charge in [0.2, 0.25) is 0 Å². The van der Waals surface area contributed by atoms with E-state index in [0.29, 0.717) is 18.6 Å². The topological polar surface area (TPSA) is 21.3 Å². The van der Waals surface area contributed by atoms with Gasteiger partial charge in [-0.1, -0.05) is 13.0 Å². The normalized spacial score (nSPS) is 16.3.